The lowest BCUT2D eigenvalue weighted by Gasteiger charge is -2.24. The number of anilines is 1. The van der Waals surface area contributed by atoms with Crippen molar-refractivity contribution >= 4 is 23.0 Å². The Bertz CT molecular complexity index is 504. The summed E-state index contributed by atoms with van der Waals surface area (Å²) in [5.74, 6) is -0.466. The first-order valence-corrected chi connectivity index (χ1v) is 6.87. The highest BCUT2D eigenvalue weighted by atomic mass is 32.1. The molecule has 5 heteroatoms. The van der Waals surface area contributed by atoms with Gasteiger partial charge < -0.3 is 10.6 Å². The molecule has 0 atom stereocenters. The summed E-state index contributed by atoms with van der Waals surface area (Å²) in [4.78, 5) is 0. The van der Waals surface area contributed by atoms with Gasteiger partial charge in [0.2, 0.25) is 0 Å². The Labute approximate surface area is 117 Å². The fraction of sp³-hybridized carbons (Fsp3) is 0.429. The summed E-state index contributed by atoms with van der Waals surface area (Å²) in [6, 6.07) is 6.58. The van der Waals surface area contributed by atoms with E-state index in [4.69, 9.17) is 17.5 Å². The van der Waals surface area contributed by atoms with Crippen LogP contribution < -0.4 is 10.6 Å². The molecule has 3 nitrogen and oxygen atoms in total. The summed E-state index contributed by atoms with van der Waals surface area (Å²) in [6.45, 7) is 0. The summed E-state index contributed by atoms with van der Waals surface area (Å²) < 4.78 is 13.7. The predicted octanol–water partition coefficient (Wildman–Crippen LogP) is 3.32. The molecule has 2 rings (SSSR count). The van der Waals surface area contributed by atoms with Crippen LogP contribution in [0.15, 0.2) is 18.2 Å². The molecule has 0 heterocycles. The zero-order valence-electron chi connectivity index (χ0n) is 10.6. The molecule has 19 heavy (non-hydrogen) atoms. The van der Waals surface area contributed by atoms with Gasteiger partial charge >= 0.3 is 0 Å². The van der Waals surface area contributed by atoms with Crippen molar-refractivity contribution in [3.8, 4) is 6.07 Å². The van der Waals surface area contributed by atoms with Gasteiger partial charge in [0.05, 0.1) is 17.3 Å². The van der Waals surface area contributed by atoms with Crippen molar-refractivity contribution < 1.29 is 4.39 Å². The Morgan fingerprint density at radius 2 is 2.05 bits per heavy atom. The second-order valence-corrected chi connectivity index (χ2v) is 5.15. The number of nitriles is 1. The Hall–Kier alpha value is -1.67. The van der Waals surface area contributed by atoms with E-state index in [1.165, 1.54) is 31.4 Å². The Kier molecular flexibility index (Phi) is 4.69. The number of hydrogen-bond acceptors (Lipinski definition) is 2. The summed E-state index contributed by atoms with van der Waals surface area (Å²) in [5, 5.41) is 15.2. The van der Waals surface area contributed by atoms with Gasteiger partial charge in [0.15, 0.2) is 5.11 Å². The topological polar surface area (TPSA) is 47.9 Å². The van der Waals surface area contributed by atoms with Crippen LogP contribution >= 0.6 is 12.2 Å². The minimum absolute atomic E-state index is 0.298. The molecule has 0 spiro atoms. The predicted molar refractivity (Wildman–Crippen MR) is 77.3 cm³/mol. The van der Waals surface area contributed by atoms with E-state index in [0.29, 0.717) is 22.4 Å². The lowest BCUT2D eigenvalue weighted by Crippen LogP contribution is -2.38. The Morgan fingerprint density at radius 3 is 2.68 bits per heavy atom. The Morgan fingerprint density at radius 1 is 1.32 bits per heavy atom. The third-order valence-corrected chi connectivity index (χ3v) is 3.51. The quantitative estimate of drug-likeness (QED) is 0.814. The maximum Gasteiger partial charge on any atom is 0.171 e. The van der Waals surface area contributed by atoms with Gasteiger partial charge in [-0.05, 0) is 43.3 Å². The molecular formula is C14H16FN3S. The van der Waals surface area contributed by atoms with Crippen LogP contribution in [-0.2, 0) is 0 Å². The maximum atomic E-state index is 13.7. The number of rotatable bonds is 2. The minimum Gasteiger partial charge on any atom is -0.360 e. The number of halogens is 1. The van der Waals surface area contributed by atoms with E-state index < -0.39 is 5.82 Å². The molecule has 2 N–H and O–H groups in total. The van der Waals surface area contributed by atoms with E-state index in [1.54, 1.807) is 6.07 Å². The first kappa shape index (κ1) is 13.8. The highest BCUT2D eigenvalue weighted by Crippen LogP contribution is 2.18. The lowest BCUT2D eigenvalue weighted by molar-refractivity contribution is 0.414. The van der Waals surface area contributed by atoms with Crippen molar-refractivity contribution in [3.05, 3.63) is 29.6 Å². The van der Waals surface area contributed by atoms with E-state index in [2.05, 4.69) is 10.6 Å². The molecule has 1 aliphatic rings. The van der Waals surface area contributed by atoms with Crippen LogP contribution in [0, 0.1) is 17.1 Å². The lowest BCUT2D eigenvalue weighted by atomic mass is 9.96. The molecule has 1 aliphatic carbocycles. The number of nitrogens with one attached hydrogen (secondary N) is 2. The van der Waals surface area contributed by atoms with Gasteiger partial charge in [-0.3, -0.25) is 0 Å². The third kappa shape index (κ3) is 3.90. The first-order chi connectivity index (χ1) is 9.19. The van der Waals surface area contributed by atoms with Crippen molar-refractivity contribution in [1.82, 2.24) is 5.32 Å². The van der Waals surface area contributed by atoms with Crippen LogP contribution in [0.1, 0.15) is 37.7 Å². The van der Waals surface area contributed by atoms with Crippen LogP contribution in [0.25, 0.3) is 0 Å². The van der Waals surface area contributed by atoms with Crippen molar-refractivity contribution in [2.24, 2.45) is 0 Å². The standard InChI is InChI=1S/C14H16FN3S/c15-12-8-10(9-16)6-7-13(12)18-14(19)17-11-4-2-1-3-5-11/h6-8,11H,1-5H2,(H2,17,18,19). The molecule has 0 unspecified atom stereocenters. The van der Waals surface area contributed by atoms with E-state index in [1.807, 2.05) is 6.07 Å². The van der Waals surface area contributed by atoms with Crippen LogP contribution in [0.4, 0.5) is 10.1 Å². The van der Waals surface area contributed by atoms with Crippen LogP contribution in [0.2, 0.25) is 0 Å². The van der Waals surface area contributed by atoms with Gasteiger partial charge in [-0.15, -0.1) is 0 Å². The monoisotopic (exact) mass is 277 g/mol. The van der Waals surface area contributed by atoms with E-state index in [9.17, 15) is 4.39 Å². The highest BCUT2D eigenvalue weighted by Gasteiger charge is 2.14. The van der Waals surface area contributed by atoms with Gasteiger partial charge in [0, 0.05) is 6.04 Å². The number of thiocarbonyl (C=S) groups is 1. The highest BCUT2D eigenvalue weighted by molar-refractivity contribution is 7.80. The van der Waals surface area contributed by atoms with Crippen molar-refractivity contribution in [2.45, 2.75) is 38.1 Å². The fourth-order valence-electron chi connectivity index (χ4n) is 2.28. The summed E-state index contributed by atoms with van der Waals surface area (Å²) in [6.07, 6.45) is 5.93. The van der Waals surface area contributed by atoms with Crippen LogP contribution in [0.3, 0.4) is 0 Å². The summed E-state index contributed by atoms with van der Waals surface area (Å²) in [7, 11) is 0. The SMILES string of the molecule is N#Cc1ccc(NC(=S)NC2CCCCC2)c(F)c1. The molecule has 0 aliphatic heterocycles. The van der Waals surface area contributed by atoms with Crippen molar-refractivity contribution in [1.29, 1.82) is 5.26 Å². The molecule has 0 saturated heterocycles. The van der Waals surface area contributed by atoms with E-state index in [-0.39, 0.29) is 0 Å². The zero-order valence-corrected chi connectivity index (χ0v) is 11.4. The van der Waals surface area contributed by atoms with Gasteiger partial charge in [-0.1, -0.05) is 19.3 Å². The van der Waals surface area contributed by atoms with Gasteiger partial charge in [0.25, 0.3) is 0 Å². The smallest absolute Gasteiger partial charge is 0.171 e. The molecule has 0 bridgehead atoms. The third-order valence-electron chi connectivity index (χ3n) is 3.29. The first-order valence-electron chi connectivity index (χ1n) is 6.46. The summed E-state index contributed by atoms with van der Waals surface area (Å²) in [5.41, 5.74) is 0.599. The minimum atomic E-state index is -0.466. The number of benzene rings is 1. The summed E-state index contributed by atoms with van der Waals surface area (Å²) >= 11 is 5.18. The van der Waals surface area contributed by atoms with Gasteiger partial charge in [-0.2, -0.15) is 5.26 Å². The van der Waals surface area contributed by atoms with Gasteiger partial charge in [-0.25, -0.2) is 4.39 Å². The normalized spacial score (nSPS) is 15.6. The molecule has 100 valence electrons. The van der Waals surface area contributed by atoms with Crippen LogP contribution in [0.5, 0.6) is 0 Å². The second-order valence-electron chi connectivity index (χ2n) is 4.74. The molecule has 0 aromatic heterocycles. The molecule has 1 fully saturated rings. The maximum absolute atomic E-state index is 13.7. The van der Waals surface area contributed by atoms with Gasteiger partial charge in [0.1, 0.15) is 5.82 Å². The number of hydrogen-bond donors (Lipinski definition) is 2. The fourth-order valence-corrected chi connectivity index (χ4v) is 2.55. The second kappa shape index (κ2) is 6.48. The number of nitrogens with zero attached hydrogens (tertiary/aromatic N) is 1. The molecule has 1 aromatic carbocycles. The van der Waals surface area contributed by atoms with Crippen molar-refractivity contribution in [3.63, 3.8) is 0 Å². The van der Waals surface area contributed by atoms with E-state index in [0.717, 1.165) is 12.8 Å². The molecule has 0 amide bonds. The molecular weight excluding hydrogens is 261 g/mol. The average molecular weight is 277 g/mol. The van der Waals surface area contributed by atoms with Crippen molar-refractivity contribution in [2.75, 3.05) is 5.32 Å². The molecule has 1 aromatic rings. The van der Waals surface area contributed by atoms with Crippen LogP contribution in [-0.4, -0.2) is 11.2 Å². The molecule has 0 radical (unpaired) electrons. The largest absolute Gasteiger partial charge is 0.360 e. The van der Waals surface area contributed by atoms with E-state index >= 15 is 0 Å². The average Bonchev–Trinajstić information content (AvgIpc) is 2.42. The Balaban J connectivity index is 1.93. The zero-order chi connectivity index (χ0) is 13.7. The molecule has 1 saturated carbocycles.